The van der Waals surface area contributed by atoms with Crippen LogP contribution in [-0.4, -0.2) is 23.2 Å². The number of benzene rings is 1. The van der Waals surface area contributed by atoms with Crippen molar-refractivity contribution >= 4 is 0 Å². The largest absolute Gasteiger partial charge is 0.339 e. The smallest absolute Gasteiger partial charge is 0.231 e. The van der Waals surface area contributed by atoms with Crippen molar-refractivity contribution in [3.63, 3.8) is 0 Å². The van der Waals surface area contributed by atoms with Gasteiger partial charge in [0.25, 0.3) is 0 Å². The first-order chi connectivity index (χ1) is 10.0. The highest BCUT2D eigenvalue weighted by Gasteiger charge is 2.22. The molecule has 2 unspecified atom stereocenters. The Morgan fingerprint density at radius 1 is 1.19 bits per heavy atom. The van der Waals surface area contributed by atoms with Crippen LogP contribution >= 0.6 is 0 Å². The summed E-state index contributed by atoms with van der Waals surface area (Å²) in [6.07, 6.45) is 1.70. The minimum Gasteiger partial charge on any atom is -0.339 e. The molecule has 2 aromatic rings. The molecule has 1 aromatic heterocycles. The van der Waals surface area contributed by atoms with Crippen LogP contribution in [-0.2, 0) is 6.42 Å². The summed E-state index contributed by atoms with van der Waals surface area (Å²) in [6, 6.07) is 6.85. The summed E-state index contributed by atoms with van der Waals surface area (Å²) in [6.45, 7) is 8.51. The van der Waals surface area contributed by atoms with E-state index in [9.17, 15) is 0 Å². The van der Waals surface area contributed by atoms with Gasteiger partial charge in [0.15, 0.2) is 5.82 Å². The van der Waals surface area contributed by atoms with Gasteiger partial charge in [0, 0.05) is 12.5 Å². The molecule has 2 atom stereocenters. The van der Waals surface area contributed by atoms with Gasteiger partial charge in [-0.3, -0.25) is 0 Å². The topological polar surface area (TPSA) is 51.0 Å². The van der Waals surface area contributed by atoms with Crippen LogP contribution in [0.15, 0.2) is 22.7 Å². The van der Waals surface area contributed by atoms with E-state index in [0.717, 1.165) is 24.6 Å². The lowest BCUT2D eigenvalue weighted by atomic mass is 9.98. The van der Waals surface area contributed by atoms with Crippen LogP contribution < -0.4 is 5.32 Å². The van der Waals surface area contributed by atoms with Gasteiger partial charge in [0.1, 0.15) is 0 Å². The van der Waals surface area contributed by atoms with Gasteiger partial charge in [0.05, 0.1) is 5.92 Å². The lowest BCUT2D eigenvalue weighted by Gasteiger charge is -2.17. The molecule has 0 aliphatic carbocycles. The Kier molecular flexibility index (Phi) is 5.12. The van der Waals surface area contributed by atoms with E-state index in [4.69, 9.17) is 4.52 Å². The van der Waals surface area contributed by atoms with Crippen LogP contribution in [0.1, 0.15) is 54.6 Å². The number of hydrogen-bond donors (Lipinski definition) is 1. The molecule has 0 bridgehead atoms. The lowest BCUT2D eigenvalue weighted by Crippen LogP contribution is -2.28. The summed E-state index contributed by atoms with van der Waals surface area (Å²) in [5.41, 5.74) is 3.77. The van der Waals surface area contributed by atoms with Gasteiger partial charge < -0.3 is 9.84 Å². The number of rotatable bonds is 6. The summed E-state index contributed by atoms with van der Waals surface area (Å²) >= 11 is 0. The fourth-order valence-corrected chi connectivity index (χ4v) is 2.79. The minimum absolute atomic E-state index is 0.260. The number of aryl methyl sites for hydroxylation is 2. The Hall–Kier alpha value is -1.68. The summed E-state index contributed by atoms with van der Waals surface area (Å²) in [7, 11) is 1.96. The van der Waals surface area contributed by atoms with Crippen LogP contribution in [0.3, 0.4) is 0 Å². The van der Waals surface area contributed by atoms with Gasteiger partial charge in [-0.25, -0.2) is 0 Å². The quantitative estimate of drug-likeness (QED) is 0.885. The number of nitrogens with one attached hydrogen (secondary N) is 1. The van der Waals surface area contributed by atoms with Gasteiger partial charge in [-0.05, 0) is 39.8 Å². The average molecular weight is 287 g/mol. The van der Waals surface area contributed by atoms with E-state index in [1.54, 1.807) is 0 Å². The third kappa shape index (κ3) is 3.91. The van der Waals surface area contributed by atoms with E-state index in [2.05, 4.69) is 61.4 Å². The Morgan fingerprint density at radius 2 is 1.86 bits per heavy atom. The third-order valence-electron chi connectivity index (χ3n) is 3.94. The first-order valence-corrected chi connectivity index (χ1v) is 7.60. The second kappa shape index (κ2) is 6.85. The first kappa shape index (κ1) is 15.7. The van der Waals surface area contributed by atoms with Crippen LogP contribution in [0, 0.1) is 13.8 Å². The molecule has 0 amide bonds. The molecule has 0 aliphatic heterocycles. The van der Waals surface area contributed by atoms with E-state index in [-0.39, 0.29) is 5.92 Å². The third-order valence-corrected chi connectivity index (χ3v) is 3.94. The Balaban J connectivity index is 2.16. The van der Waals surface area contributed by atoms with Crippen molar-refractivity contribution in [2.75, 3.05) is 7.05 Å². The van der Waals surface area contributed by atoms with Crippen molar-refractivity contribution < 1.29 is 4.52 Å². The Morgan fingerprint density at radius 3 is 2.43 bits per heavy atom. The molecule has 0 radical (unpaired) electrons. The second-order valence-electron chi connectivity index (χ2n) is 5.81. The van der Waals surface area contributed by atoms with Crippen molar-refractivity contribution in [1.82, 2.24) is 15.5 Å². The normalized spacial score (nSPS) is 14.1. The van der Waals surface area contributed by atoms with Crippen molar-refractivity contribution in [3.8, 4) is 0 Å². The van der Waals surface area contributed by atoms with Gasteiger partial charge in [0.2, 0.25) is 5.89 Å². The Labute approximate surface area is 127 Å². The van der Waals surface area contributed by atoms with Gasteiger partial charge in [-0.2, -0.15) is 4.98 Å². The maximum Gasteiger partial charge on any atom is 0.231 e. The Bertz CT molecular complexity index is 571. The van der Waals surface area contributed by atoms with E-state index in [0.29, 0.717) is 6.04 Å². The molecule has 0 spiro atoms. The molecular weight excluding hydrogens is 262 g/mol. The average Bonchev–Trinajstić information content (AvgIpc) is 2.86. The zero-order valence-electron chi connectivity index (χ0n) is 13.6. The van der Waals surface area contributed by atoms with Gasteiger partial charge in [-0.15, -0.1) is 0 Å². The highest BCUT2D eigenvalue weighted by atomic mass is 16.5. The standard InChI is InChI=1S/C17H25N3O/c1-6-15(13(4)18-5)17-19-16(20-21-17)10-14-8-11(2)7-12(3)9-14/h7-9,13,15,18H,6,10H2,1-5H3. The predicted molar refractivity (Wildman–Crippen MR) is 84.6 cm³/mol. The molecule has 1 N–H and O–H groups in total. The SMILES string of the molecule is CCC(c1nc(Cc2cc(C)cc(C)c2)no1)C(C)NC. The molecule has 1 aromatic carbocycles. The van der Waals surface area contributed by atoms with Crippen LogP contribution in [0.2, 0.25) is 0 Å². The van der Waals surface area contributed by atoms with Crippen molar-refractivity contribution in [3.05, 3.63) is 46.6 Å². The molecule has 0 aliphatic rings. The monoisotopic (exact) mass is 287 g/mol. The zero-order valence-corrected chi connectivity index (χ0v) is 13.6. The summed E-state index contributed by atoms with van der Waals surface area (Å²) in [5, 5.41) is 7.40. The second-order valence-corrected chi connectivity index (χ2v) is 5.81. The van der Waals surface area contributed by atoms with E-state index >= 15 is 0 Å². The minimum atomic E-state index is 0.260. The molecule has 2 rings (SSSR count). The predicted octanol–water partition coefficient (Wildman–Crippen LogP) is 3.38. The molecule has 0 saturated heterocycles. The summed E-state index contributed by atoms with van der Waals surface area (Å²) < 4.78 is 5.47. The maximum absolute atomic E-state index is 5.47. The molecule has 4 heteroatoms. The van der Waals surface area contributed by atoms with E-state index < -0.39 is 0 Å². The summed E-state index contributed by atoms with van der Waals surface area (Å²) in [4.78, 5) is 4.59. The fraction of sp³-hybridized carbons (Fsp3) is 0.529. The van der Waals surface area contributed by atoms with Gasteiger partial charge >= 0.3 is 0 Å². The number of nitrogens with zero attached hydrogens (tertiary/aromatic N) is 2. The van der Waals surface area contributed by atoms with Crippen LogP contribution in [0.4, 0.5) is 0 Å². The number of hydrogen-bond acceptors (Lipinski definition) is 4. The first-order valence-electron chi connectivity index (χ1n) is 7.60. The molecule has 4 nitrogen and oxygen atoms in total. The molecule has 0 saturated carbocycles. The highest BCUT2D eigenvalue weighted by molar-refractivity contribution is 5.30. The van der Waals surface area contributed by atoms with Crippen molar-refractivity contribution in [2.24, 2.45) is 0 Å². The van der Waals surface area contributed by atoms with Crippen molar-refractivity contribution in [1.29, 1.82) is 0 Å². The zero-order chi connectivity index (χ0) is 15.4. The fourth-order valence-electron chi connectivity index (χ4n) is 2.79. The van der Waals surface area contributed by atoms with Crippen LogP contribution in [0.25, 0.3) is 0 Å². The summed E-state index contributed by atoms with van der Waals surface area (Å²) in [5.74, 6) is 1.76. The highest BCUT2D eigenvalue weighted by Crippen LogP contribution is 2.22. The number of likely N-dealkylation sites (N-methyl/N-ethyl adjacent to an activating group) is 1. The van der Waals surface area contributed by atoms with Gasteiger partial charge in [-0.1, -0.05) is 41.4 Å². The molecule has 21 heavy (non-hydrogen) atoms. The molecule has 0 fully saturated rings. The molecule has 1 heterocycles. The molecule has 114 valence electrons. The van der Waals surface area contributed by atoms with E-state index in [1.165, 1.54) is 16.7 Å². The number of aromatic nitrogens is 2. The van der Waals surface area contributed by atoms with Crippen LogP contribution in [0.5, 0.6) is 0 Å². The maximum atomic E-state index is 5.47. The lowest BCUT2D eigenvalue weighted by molar-refractivity contribution is 0.320. The molecular formula is C17H25N3O. The van der Waals surface area contributed by atoms with Crippen molar-refractivity contribution in [2.45, 2.75) is 52.5 Å². The van der Waals surface area contributed by atoms with E-state index in [1.807, 2.05) is 7.05 Å².